The average Bonchev–Trinajstić information content (AvgIpc) is 2.90. The maximum absolute atomic E-state index is 6.29. The second kappa shape index (κ2) is 7.54. The van der Waals surface area contributed by atoms with E-state index in [0.29, 0.717) is 18.2 Å². The van der Waals surface area contributed by atoms with Crippen LogP contribution in [-0.2, 0) is 6.42 Å². The van der Waals surface area contributed by atoms with Gasteiger partial charge in [0.15, 0.2) is 0 Å². The molecule has 3 heterocycles. The smallest absolute Gasteiger partial charge is 0.284 e. The molecule has 6 heteroatoms. The number of hydrogen-bond donors (Lipinski definition) is 0. The van der Waals surface area contributed by atoms with Crippen molar-refractivity contribution in [3.8, 4) is 23.3 Å². The third kappa shape index (κ3) is 3.34. The third-order valence-electron chi connectivity index (χ3n) is 5.70. The van der Waals surface area contributed by atoms with Crippen molar-refractivity contribution in [3.63, 3.8) is 0 Å². The van der Waals surface area contributed by atoms with E-state index in [1.807, 2.05) is 36.4 Å². The molecule has 5 aromatic rings. The molecule has 0 aliphatic carbocycles. The highest BCUT2D eigenvalue weighted by Gasteiger charge is 2.23. The molecule has 0 atom stereocenters. The summed E-state index contributed by atoms with van der Waals surface area (Å²) in [5, 5.41) is 0. The van der Waals surface area contributed by atoms with E-state index < -0.39 is 0 Å². The van der Waals surface area contributed by atoms with Crippen LogP contribution in [0.3, 0.4) is 0 Å². The second-order valence-electron chi connectivity index (χ2n) is 7.87. The summed E-state index contributed by atoms with van der Waals surface area (Å²) in [7, 11) is 0. The van der Waals surface area contributed by atoms with E-state index in [1.165, 1.54) is 19.6 Å². The van der Waals surface area contributed by atoms with E-state index in [4.69, 9.17) is 19.4 Å². The molecule has 0 unspecified atom stereocenters. The maximum Gasteiger partial charge on any atom is 0.284 e. The molecule has 0 saturated carbocycles. The fourth-order valence-corrected chi connectivity index (χ4v) is 6.36. The molecule has 2 aliphatic heterocycles. The van der Waals surface area contributed by atoms with Gasteiger partial charge in [0.1, 0.15) is 11.5 Å². The van der Waals surface area contributed by atoms with Crippen molar-refractivity contribution in [2.24, 2.45) is 0 Å². The minimum Gasteiger partial charge on any atom is -0.434 e. The van der Waals surface area contributed by atoms with Gasteiger partial charge < -0.3 is 9.47 Å². The Kier molecular flexibility index (Phi) is 4.35. The first-order valence-corrected chi connectivity index (χ1v) is 12.3. The third-order valence-corrected chi connectivity index (χ3v) is 8.22. The molecule has 0 radical (unpaired) electrons. The first-order chi connectivity index (χ1) is 16.3. The first kappa shape index (κ1) is 19.0. The van der Waals surface area contributed by atoms with Crippen LogP contribution in [0.25, 0.3) is 11.0 Å². The van der Waals surface area contributed by atoms with Crippen LogP contribution in [0.5, 0.6) is 23.3 Å². The lowest BCUT2D eigenvalue weighted by Gasteiger charge is -2.19. The summed E-state index contributed by atoms with van der Waals surface area (Å²) in [5.74, 6) is 2.29. The zero-order chi connectivity index (χ0) is 21.8. The molecular formula is C27H16N2O2S2. The Bertz CT molecular complexity index is 1450. The van der Waals surface area contributed by atoms with E-state index in [0.717, 1.165) is 33.7 Å². The van der Waals surface area contributed by atoms with Gasteiger partial charge in [0.05, 0.1) is 11.0 Å². The van der Waals surface area contributed by atoms with Crippen LogP contribution in [-0.4, -0.2) is 9.97 Å². The number of fused-ring (bicyclic) bond motifs is 6. The van der Waals surface area contributed by atoms with Crippen molar-refractivity contribution in [2.75, 3.05) is 0 Å². The Hall–Kier alpha value is -3.48. The molecule has 0 spiro atoms. The highest BCUT2D eigenvalue weighted by molar-refractivity contribution is 8.05. The number of rotatable bonds is 0. The molecule has 2 aliphatic rings. The van der Waals surface area contributed by atoms with Crippen molar-refractivity contribution in [3.05, 3.63) is 96.1 Å². The predicted molar refractivity (Wildman–Crippen MR) is 130 cm³/mol. The SMILES string of the molecule is c1ccc2c(c1)Cc1ccccc1Oc1nc3cc4c(cc3nc1O2)Sc1ccccc1S4. The van der Waals surface area contributed by atoms with Crippen LogP contribution in [0.15, 0.2) is 105 Å². The van der Waals surface area contributed by atoms with Gasteiger partial charge in [-0.3, -0.25) is 0 Å². The van der Waals surface area contributed by atoms with Gasteiger partial charge in [-0.15, -0.1) is 0 Å². The van der Waals surface area contributed by atoms with E-state index >= 15 is 0 Å². The van der Waals surface area contributed by atoms with Crippen LogP contribution in [0.2, 0.25) is 0 Å². The van der Waals surface area contributed by atoms with Gasteiger partial charge in [-0.2, -0.15) is 0 Å². The summed E-state index contributed by atoms with van der Waals surface area (Å²) in [4.78, 5) is 14.6. The molecule has 1 aromatic heterocycles. The van der Waals surface area contributed by atoms with Gasteiger partial charge in [0.2, 0.25) is 0 Å². The molecule has 158 valence electrons. The topological polar surface area (TPSA) is 44.2 Å². The quantitative estimate of drug-likeness (QED) is 0.229. The molecule has 0 bridgehead atoms. The average molecular weight is 465 g/mol. The van der Waals surface area contributed by atoms with Gasteiger partial charge >= 0.3 is 0 Å². The Labute approximate surface area is 199 Å². The summed E-state index contributed by atoms with van der Waals surface area (Å²) in [6, 6.07) is 28.7. The molecule has 7 rings (SSSR count). The van der Waals surface area contributed by atoms with Crippen LogP contribution >= 0.6 is 23.5 Å². The van der Waals surface area contributed by atoms with Crippen molar-refractivity contribution in [1.82, 2.24) is 9.97 Å². The Morgan fingerprint density at radius 2 is 1.00 bits per heavy atom. The van der Waals surface area contributed by atoms with Crippen LogP contribution in [0, 0.1) is 0 Å². The minimum atomic E-state index is 0.375. The Morgan fingerprint density at radius 3 is 1.52 bits per heavy atom. The molecule has 33 heavy (non-hydrogen) atoms. The lowest BCUT2D eigenvalue weighted by Crippen LogP contribution is -1.99. The predicted octanol–water partition coefficient (Wildman–Crippen LogP) is 7.73. The zero-order valence-corrected chi connectivity index (χ0v) is 19.0. The molecule has 0 N–H and O–H groups in total. The van der Waals surface area contributed by atoms with Gasteiger partial charge in [-0.05, 0) is 47.5 Å². The summed E-state index contributed by atoms with van der Waals surface area (Å²) >= 11 is 3.53. The number of hydrogen-bond acceptors (Lipinski definition) is 6. The zero-order valence-electron chi connectivity index (χ0n) is 17.3. The number of nitrogens with zero attached hydrogens (tertiary/aromatic N) is 2. The molecule has 0 saturated heterocycles. The van der Waals surface area contributed by atoms with Crippen LogP contribution < -0.4 is 9.47 Å². The summed E-state index contributed by atoms with van der Waals surface area (Å²) in [5.41, 5.74) is 3.73. The Morgan fingerprint density at radius 1 is 0.545 bits per heavy atom. The normalized spacial score (nSPS) is 13.6. The first-order valence-electron chi connectivity index (χ1n) is 10.6. The summed E-state index contributed by atoms with van der Waals surface area (Å²) < 4.78 is 12.6. The monoisotopic (exact) mass is 464 g/mol. The summed E-state index contributed by atoms with van der Waals surface area (Å²) in [6.07, 6.45) is 0.708. The number of aromatic nitrogens is 2. The van der Waals surface area contributed by atoms with E-state index in [-0.39, 0.29) is 0 Å². The van der Waals surface area contributed by atoms with Crippen LogP contribution in [0.4, 0.5) is 0 Å². The van der Waals surface area contributed by atoms with Gasteiger partial charge in [-0.1, -0.05) is 72.1 Å². The molecular weight excluding hydrogens is 448 g/mol. The molecule has 0 fully saturated rings. The maximum atomic E-state index is 6.29. The summed E-state index contributed by atoms with van der Waals surface area (Å²) in [6.45, 7) is 0. The van der Waals surface area contributed by atoms with E-state index in [9.17, 15) is 0 Å². The van der Waals surface area contributed by atoms with Crippen LogP contribution in [0.1, 0.15) is 11.1 Å². The highest BCUT2D eigenvalue weighted by atomic mass is 32.2. The molecule has 0 amide bonds. The largest absolute Gasteiger partial charge is 0.434 e. The van der Waals surface area contributed by atoms with Gasteiger partial charge in [0, 0.05) is 26.0 Å². The molecule has 4 nitrogen and oxygen atoms in total. The van der Waals surface area contributed by atoms with Crippen molar-refractivity contribution in [2.45, 2.75) is 26.0 Å². The lowest BCUT2D eigenvalue weighted by atomic mass is 10.0. The second-order valence-corrected chi connectivity index (χ2v) is 10.0. The molecule has 4 aromatic carbocycles. The van der Waals surface area contributed by atoms with E-state index in [1.54, 1.807) is 23.5 Å². The fourth-order valence-electron chi connectivity index (χ4n) is 4.09. The standard InChI is InChI=1S/C27H16N2O2S2/c1-3-9-20-16(7-1)13-17-8-2-4-10-21(17)31-27-26(30-20)28-18-14-24-25(15-19(18)29-27)33-23-12-6-5-11-22(23)32-24/h1-12,14-15H,13H2. The fraction of sp³-hybridized carbons (Fsp3) is 0.0370. The van der Waals surface area contributed by atoms with Gasteiger partial charge in [-0.25, -0.2) is 9.97 Å². The van der Waals surface area contributed by atoms with E-state index in [2.05, 4.69) is 48.5 Å². The highest BCUT2D eigenvalue weighted by Crippen LogP contribution is 2.49. The van der Waals surface area contributed by atoms with Crippen molar-refractivity contribution >= 4 is 34.6 Å². The number of benzene rings is 4. The minimum absolute atomic E-state index is 0.375. The number of para-hydroxylation sites is 2. The van der Waals surface area contributed by atoms with Crippen molar-refractivity contribution in [1.29, 1.82) is 0 Å². The van der Waals surface area contributed by atoms with Crippen molar-refractivity contribution < 1.29 is 9.47 Å². The van der Waals surface area contributed by atoms with Gasteiger partial charge in [0.25, 0.3) is 11.8 Å². The lowest BCUT2D eigenvalue weighted by molar-refractivity contribution is 0.396. The number of ether oxygens (including phenoxy) is 2. The Balaban J connectivity index is 1.41.